The lowest BCUT2D eigenvalue weighted by atomic mass is 10.4. The van der Waals surface area contributed by atoms with Gasteiger partial charge in [0.2, 0.25) is 5.88 Å². The van der Waals surface area contributed by atoms with Crippen molar-refractivity contribution in [1.82, 2.24) is 9.97 Å². The monoisotopic (exact) mass is 205 g/mol. The summed E-state index contributed by atoms with van der Waals surface area (Å²) in [5.74, 6) is 0.948. The molecule has 0 aliphatic carbocycles. The molecule has 0 bridgehead atoms. The fourth-order valence-corrected chi connectivity index (χ4v) is 1.06. The smallest absolute Gasteiger partial charge is 0.228 e. The van der Waals surface area contributed by atoms with Crippen LogP contribution in [0.1, 0.15) is 0 Å². The van der Waals surface area contributed by atoms with Crippen LogP contribution in [-0.4, -0.2) is 9.97 Å². The van der Waals surface area contributed by atoms with Gasteiger partial charge < -0.3 is 4.74 Å². The molecule has 2 heterocycles. The maximum absolute atomic E-state index is 5.68. The Bertz CT molecular complexity index is 419. The third-order valence-electron chi connectivity index (χ3n) is 1.48. The van der Waals surface area contributed by atoms with E-state index in [1.807, 2.05) is 0 Å². The van der Waals surface area contributed by atoms with Gasteiger partial charge in [-0.15, -0.1) is 0 Å². The minimum atomic E-state index is 0.338. The van der Waals surface area contributed by atoms with E-state index in [0.717, 1.165) is 0 Å². The quantitative estimate of drug-likeness (QED) is 0.708. The summed E-state index contributed by atoms with van der Waals surface area (Å²) in [6, 6.07) is 9.66. The van der Waals surface area contributed by atoms with Crippen LogP contribution in [0.3, 0.4) is 0 Å². The number of hydrogen-bond acceptors (Lipinski definition) is 3. The third-order valence-corrected chi connectivity index (χ3v) is 1.70. The van der Waals surface area contributed by atoms with Gasteiger partial charge in [-0.3, -0.25) is 4.98 Å². The predicted molar refractivity (Wildman–Crippen MR) is 52.4 cm³/mol. The van der Waals surface area contributed by atoms with Gasteiger partial charge in [-0.1, -0.05) is 11.6 Å². The number of hydrogen-bond donors (Lipinski definition) is 0. The van der Waals surface area contributed by atoms with Gasteiger partial charge in [0.05, 0.1) is 6.20 Å². The SMILES string of the molecule is Clc1cc[c]c(Oc2cccnc2)n1. The molecule has 1 radical (unpaired) electrons. The molecule has 0 fully saturated rings. The van der Waals surface area contributed by atoms with E-state index in [4.69, 9.17) is 16.3 Å². The summed E-state index contributed by atoms with van der Waals surface area (Å²) in [6.45, 7) is 0. The highest BCUT2D eigenvalue weighted by molar-refractivity contribution is 6.29. The van der Waals surface area contributed by atoms with Crippen molar-refractivity contribution in [2.45, 2.75) is 0 Å². The second-order valence-corrected chi connectivity index (χ2v) is 2.90. The minimum Gasteiger partial charge on any atom is -0.437 e. The summed E-state index contributed by atoms with van der Waals surface area (Å²) >= 11 is 5.68. The number of halogens is 1. The first-order chi connectivity index (χ1) is 6.84. The van der Waals surface area contributed by atoms with Gasteiger partial charge in [0, 0.05) is 12.3 Å². The fourth-order valence-electron chi connectivity index (χ4n) is 0.920. The average Bonchev–Trinajstić information content (AvgIpc) is 2.19. The summed E-state index contributed by atoms with van der Waals surface area (Å²) in [5.41, 5.74) is 0. The van der Waals surface area contributed by atoms with Crippen LogP contribution in [0.2, 0.25) is 5.15 Å². The number of rotatable bonds is 2. The van der Waals surface area contributed by atoms with E-state index in [2.05, 4.69) is 16.0 Å². The summed E-state index contributed by atoms with van der Waals surface area (Å²) in [5, 5.41) is 0.377. The Hall–Kier alpha value is -1.61. The number of pyridine rings is 2. The Morgan fingerprint density at radius 1 is 1.36 bits per heavy atom. The average molecular weight is 206 g/mol. The van der Waals surface area contributed by atoms with Gasteiger partial charge in [-0.25, -0.2) is 4.98 Å². The molecule has 2 rings (SSSR count). The first kappa shape index (κ1) is 8.97. The standard InChI is InChI=1S/C10H6ClN2O/c11-9-4-1-5-10(13-9)14-8-3-2-6-12-7-8/h1-4,6-7H. The predicted octanol–water partition coefficient (Wildman–Crippen LogP) is 2.72. The van der Waals surface area contributed by atoms with Crippen LogP contribution >= 0.6 is 11.6 Å². The molecule has 14 heavy (non-hydrogen) atoms. The van der Waals surface area contributed by atoms with Crippen LogP contribution in [0, 0.1) is 6.07 Å². The molecule has 2 aromatic rings. The van der Waals surface area contributed by atoms with E-state index in [-0.39, 0.29) is 0 Å². The van der Waals surface area contributed by atoms with Crippen LogP contribution in [0.25, 0.3) is 0 Å². The maximum atomic E-state index is 5.68. The molecule has 0 spiro atoms. The Labute approximate surface area is 86.3 Å². The Morgan fingerprint density at radius 2 is 2.29 bits per heavy atom. The first-order valence-corrected chi connectivity index (χ1v) is 4.34. The molecule has 3 nitrogen and oxygen atoms in total. The molecule has 0 saturated heterocycles. The molecule has 0 amide bonds. The van der Waals surface area contributed by atoms with Gasteiger partial charge in [0.25, 0.3) is 0 Å². The fraction of sp³-hybridized carbons (Fsp3) is 0. The van der Waals surface area contributed by atoms with E-state index < -0.39 is 0 Å². The zero-order chi connectivity index (χ0) is 9.80. The molecule has 0 aromatic carbocycles. The Balaban J connectivity index is 2.19. The second kappa shape index (κ2) is 4.07. The van der Waals surface area contributed by atoms with Crippen molar-refractivity contribution in [1.29, 1.82) is 0 Å². The lowest BCUT2D eigenvalue weighted by Gasteiger charge is -2.02. The lowest BCUT2D eigenvalue weighted by molar-refractivity contribution is 0.460. The van der Waals surface area contributed by atoms with Crippen LogP contribution in [0.4, 0.5) is 0 Å². The van der Waals surface area contributed by atoms with E-state index in [1.54, 1.807) is 36.7 Å². The molecule has 0 aliphatic rings. The van der Waals surface area contributed by atoms with Crippen LogP contribution in [0.5, 0.6) is 11.6 Å². The van der Waals surface area contributed by atoms with Gasteiger partial charge >= 0.3 is 0 Å². The van der Waals surface area contributed by atoms with Gasteiger partial charge in [-0.05, 0) is 24.3 Å². The van der Waals surface area contributed by atoms with E-state index in [9.17, 15) is 0 Å². The molecular weight excluding hydrogens is 200 g/mol. The van der Waals surface area contributed by atoms with E-state index in [1.165, 1.54) is 0 Å². The molecule has 0 saturated carbocycles. The topological polar surface area (TPSA) is 35.0 Å². The van der Waals surface area contributed by atoms with Crippen LogP contribution in [0.15, 0.2) is 36.7 Å². The van der Waals surface area contributed by atoms with Crippen LogP contribution < -0.4 is 4.74 Å². The summed E-state index contributed by atoms with van der Waals surface area (Å²) in [4.78, 5) is 7.83. The summed E-state index contributed by atoms with van der Waals surface area (Å²) in [7, 11) is 0. The molecule has 0 atom stereocenters. The van der Waals surface area contributed by atoms with Gasteiger partial charge in [0.1, 0.15) is 10.9 Å². The highest BCUT2D eigenvalue weighted by Gasteiger charge is 1.98. The van der Waals surface area contributed by atoms with Crippen molar-refractivity contribution in [3.63, 3.8) is 0 Å². The van der Waals surface area contributed by atoms with Crippen molar-refractivity contribution in [2.24, 2.45) is 0 Å². The molecule has 2 aromatic heterocycles. The Morgan fingerprint density at radius 3 is 3.00 bits per heavy atom. The van der Waals surface area contributed by atoms with Gasteiger partial charge in [0.15, 0.2) is 0 Å². The van der Waals surface area contributed by atoms with Crippen molar-refractivity contribution in [3.05, 3.63) is 47.9 Å². The molecule has 0 unspecified atom stereocenters. The van der Waals surface area contributed by atoms with E-state index >= 15 is 0 Å². The molecule has 0 aliphatic heterocycles. The van der Waals surface area contributed by atoms with Crippen molar-refractivity contribution in [2.75, 3.05) is 0 Å². The van der Waals surface area contributed by atoms with Crippen molar-refractivity contribution in [3.8, 4) is 11.6 Å². The largest absolute Gasteiger partial charge is 0.437 e. The molecular formula is C10H6ClN2O. The lowest BCUT2D eigenvalue weighted by Crippen LogP contribution is -1.88. The van der Waals surface area contributed by atoms with E-state index in [0.29, 0.717) is 16.8 Å². The van der Waals surface area contributed by atoms with Crippen LogP contribution in [-0.2, 0) is 0 Å². The Kier molecular flexibility index (Phi) is 2.60. The number of ether oxygens (including phenoxy) is 1. The molecule has 0 N–H and O–H groups in total. The summed E-state index contributed by atoms with van der Waals surface area (Å²) in [6.07, 6.45) is 3.26. The van der Waals surface area contributed by atoms with Gasteiger partial charge in [-0.2, -0.15) is 0 Å². The highest BCUT2D eigenvalue weighted by atomic mass is 35.5. The second-order valence-electron chi connectivity index (χ2n) is 2.51. The minimum absolute atomic E-state index is 0.338. The zero-order valence-corrected chi connectivity index (χ0v) is 7.90. The first-order valence-electron chi connectivity index (χ1n) is 3.97. The normalized spacial score (nSPS) is 9.79. The number of aromatic nitrogens is 2. The van der Waals surface area contributed by atoms with Crippen molar-refractivity contribution >= 4 is 11.6 Å². The highest BCUT2D eigenvalue weighted by Crippen LogP contribution is 2.18. The molecule has 4 heteroatoms. The third kappa shape index (κ3) is 2.20. The molecule has 69 valence electrons. The van der Waals surface area contributed by atoms with Crippen molar-refractivity contribution < 1.29 is 4.74 Å². The summed E-state index contributed by atoms with van der Waals surface area (Å²) < 4.78 is 5.35. The number of nitrogens with zero attached hydrogens (tertiary/aromatic N) is 2. The maximum Gasteiger partial charge on any atom is 0.228 e. The zero-order valence-electron chi connectivity index (χ0n) is 7.14.